The molecule has 0 bridgehead atoms. The van der Waals surface area contributed by atoms with E-state index < -0.39 is 35.7 Å². The van der Waals surface area contributed by atoms with Crippen LogP contribution in [0.4, 0.5) is 15.8 Å². The van der Waals surface area contributed by atoms with E-state index in [0.29, 0.717) is 16.3 Å². The molecule has 3 aromatic rings. The van der Waals surface area contributed by atoms with Crippen molar-refractivity contribution in [3.63, 3.8) is 0 Å². The van der Waals surface area contributed by atoms with Gasteiger partial charge in [0.05, 0.1) is 22.4 Å². The minimum absolute atomic E-state index is 0.187. The van der Waals surface area contributed by atoms with Gasteiger partial charge in [0.25, 0.3) is 5.91 Å². The van der Waals surface area contributed by atoms with Gasteiger partial charge in [0.1, 0.15) is 11.7 Å². The van der Waals surface area contributed by atoms with Gasteiger partial charge in [0.15, 0.2) is 6.10 Å². The largest absolute Gasteiger partial charge is 0.273 e. The van der Waals surface area contributed by atoms with E-state index in [4.69, 9.17) is 28.0 Å². The predicted octanol–water partition coefficient (Wildman–Crippen LogP) is 5.18. The number of nitrogens with zero attached hydrogens (tertiary/aromatic N) is 2. The highest BCUT2D eigenvalue weighted by molar-refractivity contribution is 6.38. The zero-order valence-corrected chi connectivity index (χ0v) is 17.4. The Balaban J connectivity index is 1.59. The lowest BCUT2D eigenvalue weighted by molar-refractivity contribution is -0.126. The van der Waals surface area contributed by atoms with Gasteiger partial charge >= 0.3 is 0 Å². The molecule has 2 fully saturated rings. The van der Waals surface area contributed by atoms with E-state index in [1.54, 1.807) is 23.3 Å². The smallest absolute Gasteiger partial charge is 0.266 e. The van der Waals surface area contributed by atoms with E-state index >= 15 is 0 Å². The summed E-state index contributed by atoms with van der Waals surface area (Å²) in [7, 11) is 0. The van der Waals surface area contributed by atoms with Crippen molar-refractivity contribution in [2.24, 2.45) is 5.92 Å². The summed E-state index contributed by atoms with van der Waals surface area (Å²) in [5.41, 5.74) is 1.59. The van der Waals surface area contributed by atoms with Gasteiger partial charge in [-0.05, 0) is 48.0 Å². The van der Waals surface area contributed by atoms with Crippen molar-refractivity contribution >= 4 is 46.4 Å². The molecule has 3 atom stereocenters. The maximum Gasteiger partial charge on any atom is 0.266 e. The maximum atomic E-state index is 13.6. The number of anilines is 2. The Morgan fingerprint density at radius 3 is 2.26 bits per heavy atom. The molecule has 0 aromatic heterocycles. The summed E-state index contributed by atoms with van der Waals surface area (Å²) in [5, 5.41) is 2.13. The Labute approximate surface area is 187 Å². The summed E-state index contributed by atoms with van der Waals surface area (Å²) in [6.45, 7) is 0. The minimum Gasteiger partial charge on any atom is -0.273 e. The molecule has 2 aliphatic heterocycles. The van der Waals surface area contributed by atoms with E-state index in [-0.39, 0.29) is 10.7 Å². The third-order valence-electron chi connectivity index (χ3n) is 5.49. The second-order valence-corrected chi connectivity index (χ2v) is 8.16. The highest BCUT2D eigenvalue weighted by Gasteiger charge is 2.60. The molecule has 156 valence electrons. The van der Waals surface area contributed by atoms with E-state index in [1.807, 2.05) is 30.3 Å². The number of rotatable bonds is 3. The molecule has 2 saturated heterocycles. The van der Waals surface area contributed by atoms with E-state index in [9.17, 15) is 14.0 Å². The molecule has 0 saturated carbocycles. The number of hydrogen-bond donors (Lipinski definition) is 0. The van der Waals surface area contributed by atoms with Crippen LogP contribution in [-0.2, 0) is 14.4 Å². The lowest BCUT2D eigenvalue weighted by atomic mass is 9.90. The van der Waals surface area contributed by atoms with Crippen molar-refractivity contribution < 1.29 is 18.8 Å². The third-order valence-corrected chi connectivity index (χ3v) is 6.03. The number of carbonyl (C=O) groups is 2. The Hall–Kier alpha value is -2.93. The van der Waals surface area contributed by atoms with Crippen LogP contribution >= 0.6 is 23.2 Å². The van der Waals surface area contributed by atoms with Gasteiger partial charge in [0.2, 0.25) is 5.91 Å². The maximum absolute atomic E-state index is 13.6. The first-order chi connectivity index (χ1) is 15.0. The fourth-order valence-corrected chi connectivity index (χ4v) is 4.61. The molecule has 2 amide bonds. The summed E-state index contributed by atoms with van der Waals surface area (Å²) >= 11 is 12.2. The van der Waals surface area contributed by atoms with Crippen molar-refractivity contribution in [2.75, 3.05) is 9.96 Å². The molecule has 0 N–H and O–H groups in total. The van der Waals surface area contributed by atoms with Crippen LogP contribution in [0.2, 0.25) is 10.0 Å². The Kier molecular flexibility index (Phi) is 4.93. The lowest BCUT2D eigenvalue weighted by Crippen LogP contribution is -2.37. The standard InChI is InChI=1S/C23H15Cl2FN2O3/c24-14-8-11-18(17(25)12-14)27-22(29)19-20(13-6-9-15(26)10-7-13)28(31-21(19)23(27)30)16-4-2-1-3-5-16/h1-12,19-21H/t19-,20+,21+/m0/s1. The molecule has 5 rings (SSSR count). The summed E-state index contributed by atoms with van der Waals surface area (Å²) < 4.78 is 13.6. The predicted molar refractivity (Wildman–Crippen MR) is 115 cm³/mol. The molecule has 0 spiro atoms. The fourth-order valence-electron chi connectivity index (χ4n) is 4.11. The van der Waals surface area contributed by atoms with Gasteiger partial charge in [-0.25, -0.2) is 14.4 Å². The van der Waals surface area contributed by atoms with Crippen LogP contribution in [0.25, 0.3) is 0 Å². The first kappa shape index (κ1) is 20.0. The summed E-state index contributed by atoms with van der Waals surface area (Å²) in [6.07, 6.45) is -1.03. The fraction of sp³-hybridized carbons (Fsp3) is 0.130. The van der Waals surface area contributed by atoms with Crippen LogP contribution in [0.1, 0.15) is 11.6 Å². The minimum atomic E-state index is -1.03. The van der Waals surface area contributed by atoms with Gasteiger partial charge in [-0.1, -0.05) is 53.5 Å². The van der Waals surface area contributed by atoms with Crippen LogP contribution < -0.4 is 9.96 Å². The Morgan fingerprint density at radius 1 is 0.871 bits per heavy atom. The first-order valence-corrected chi connectivity index (χ1v) is 10.3. The van der Waals surface area contributed by atoms with Crippen LogP contribution in [0.15, 0.2) is 72.8 Å². The summed E-state index contributed by atoms with van der Waals surface area (Å²) in [5.74, 6) is -2.17. The van der Waals surface area contributed by atoms with Gasteiger partial charge in [-0.15, -0.1) is 0 Å². The third kappa shape index (κ3) is 3.28. The van der Waals surface area contributed by atoms with E-state index in [1.165, 1.54) is 24.3 Å². The second kappa shape index (κ2) is 7.64. The molecule has 3 aromatic carbocycles. The van der Waals surface area contributed by atoms with Crippen molar-refractivity contribution in [3.05, 3.63) is 94.2 Å². The lowest BCUT2D eigenvalue weighted by Gasteiger charge is -2.29. The number of carbonyl (C=O) groups excluding carboxylic acids is 2. The van der Waals surface area contributed by atoms with Crippen molar-refractivity contribution in [1.82, 2.24) is 0 Å². The van der Waals surface area contributed by atoms with Crippen LogP contribution in [0, 0.1) is 11.7 Å². The van der Waals surface area contributed by atoms with Gasteiger partial charge in [-0.2, -0.15) is 0 Å². The highest BCUT2D eigenvalue weighted by Crippen LogP contribution is 2.48. The molecular formula is C23H15Cl2FN2O3. The highest BCUT2D eigenvalue weighted by atomic mass is 35.5. The average molecular weight is 457 g/mol. The number of fused-ring (bicyclic) bond motifs is 1. The molecule has 8 heteroatoms. The molecule has 2 aliphatic rings. The Bertz CT molecular complexity index is 1170. The van der Waals surface area contributed by atoms with Crippen molar-refractivity contribution in [1.29, 1.82) is 0 Å². The quantitative estimate of drug-likeness (QED) is 0.509. The summed E-state index contributed by atoms with van der Waals surface area (Å²) in [6, 6.07) is 18.9. The summed E-state index contributed by atoms with van der Waals surface area (Å²) in [4.78, 5) is 33.8. The average Bonchev–Trinajstić information content (AvgIpc) is 3.26. The van der Waals surface area contributed by atoms with Gasteiger partial charge in [-0.3, -0.25) is 14.4 Å². The molecular weight excluding hydrogens is 442 g/mol. The molecule has 0 aliphatic carbocycles. The number of para-hydroxylation sites is 1. The van der Waals surface area contributed by atoms with E-state index in [2.05, 4.69) is 0 Å². The van der Waals surface area contributed by atoms with Crippen molar-refractivity contribution in [2.45, 2.75) is 12.1 Å². The second-order valence-electron chi connectivity index (χ2n) is 7.32. The number of hydroxylamine groups is 1. The number of benzene rings is 3. The molecule has 0 unspecified atom stereocenters. The molecule has 0 radical (unpaired) electrons. The molecule has 5 nitrogen and oxygen atoms in total. The number of halogens is 3. The van der Waals surface area contributed by atoms with E-state index in [0.717, 1.165) is 4.90 Å². The topological polar surface area (TPSA) is 49.9 Å². The molecule has 2 heterocycles. The zero-order chi connectivity index (χ0) is 21.7. The van der Waals surface area contributed by atoms with Gasteiger partial charge < -0.3 is 0 Å². The molecule has 31 heavy (non-hydrogen) atoms. The zero-order valence-electron chi connectivity index (χ0n) is 15.9. The monoisotopic (exact) mass is 456 g/mol. The van der Waals surface area contributed by atoms with Crippen LogP contribution in [-0.4, -0.2) is 17.9 Å². The van der Waals surface area contributed by atoms with Crippen LogP contribution in [0.5, 0.6) is 0 Å². The normalized spacial score (nSPS) is 22.9. The van der Waals surface area contributed by atoms with Crippen LogP contribution in [0.3, 0.4) is 0 Å². The van der Waals surface area contributed by atoms with Gasteiger partial charge in [0, 0.05) is 5.02 Å². The number of hydrogen-bond acceptors (Lipinski definition) is 4. The first-order valence-electron chi connectivity index (χ1n) is 9.55. The number of amides is 2. The Morgan fingerprint density at radius 2 is 1.58 bits per heavy atom. The van der Waals surface area contributed by atoms with Crippen molar-refractivity contribution in [3.8, 4) is 0 Å². The number of imide groups is 1. The SMILES string of the molecule is O=C1[C@H]2[C@@H](c3ccc(F)cc3)N(c3ccccc3)O[C@H]2C(=O)N1c1ccc(Cl)cc1Cl.